The fraction of sp³-hybridized carbons (Fsp3) is 0.400. The van der Waals surface area contributed by atoms with Gasteiger partial charge < -0.3 is 10.8 Å². The summed E-state index contributed by atoms with van der Waals surface area (Å²) in [6.07, 6.45) is -0.118. The molecule has 0 saturated heterocycles. The van der Waals surface area contributed by atoms with Crippen molar-refractivity contribution in [2.75, 3.05) is 0 Å². The molecule has 1 aromatic carbocycles. The van der Waals surface area contributed by atoms with Crippen molar-refractivity contribution in [3.8, 4) is 0 Å². The molecule has 78 valence electrons. The molecule has 0 heterocycles. The number of benzene rings is 1. The van der Waals surface area contributed by atoms with Crippen LogP contribution in [0.2, 0.25) is 5.02 Å². The number of aliphatic hydroxyl groups is 1. The zero-order chi connectivity index (χ0) is 10.7. The van der Waals surface area contributed by atoms with Gasteiger partial charge in [-0.1, -0.05) is 24.6 Å². The van der Waals surface area contributed by atoms with Crippen LogP contribution in [0.15, 0.2) is 18.2 Å². The Hall–Kier alpha value is -0.640. The minimum atomic E-state index is -0.655. The number of halogens is 2. The van der Waals surface area contributed by atoms with Gasteiger partial charge in [-0.2, -0.15) is 0 Å². The first-order chi connectivity index (χ1) is 6.56. The number of rotatable bonds is 3. The normalized spacial score (nSPS) is 15.2. The van der Waals surface area contributed by atoms with E-state index in [9.17, 15) is 9.50 Å². The van der Waals surface area contributed by atoms with Gasteiger partial charge in [0.15, 0.2) is 0 Å². The van der Waals surface area contributed by atoms with Gasteiger partial charge in [0, 0.05) is 5.02 Å². The molecule has 0 spiro atoms. The number of nitrogens with two attached hydrogens (primary N) is 1. The van der Waals surface area contributed by atoms with Crippen LogP contribution in [-0.2, 0) is 0 Å². The predicted molar refractivity (Wildman–Crippen MR) is 54.6 cm³/mol. The van der Waals surface area contributed by atoms with Crippen molar-refractivity contribution in [1.82, 2.24) is 0 Å². The SMILES string of the molecule is CC[C@H](O)[C@H](N)c1ccc(F)cc1Cl. The molecule has 0 aliphatic heterocycles. The quantitative estimate of drug-likeness (QED) is 0.816. The predicted octanol–water partition coefficient (Wildman–Crippen LogP) is 2.25. The Morgan fingerprint density at radius 3 is 2.71 bits per heavy atom. The van der Waals surface area contributed by atoms with Gasteiger partial charge >= 0.3 is 0 Å². The molecule has 4 heteroatoms. The van der Waals surface area contributed by atoms with E-state index in [1.807, 2.05) is 6.92 Å². The average Bonchev–Trinajstić information content (AvgIpc) is 2.15. The van der Waals surface area contributed by atoms with E-state index in [0.29, 0.717) is 12.0 Å². The van der Waals surface area contributed by atoms with Gasteiger partial charge in [-0.25, -0.2) is 4.39 Å². The molecule has 14 heavy (non-hydrogen) atoms. The van der Waals surface area contributed by atoms with E-state index in [2.05, 4.69) is 0 Å². The monoisotopic (exact) mass is 217 g/mol. The van der Waals surface area contributed by atoms with E-state index in [-0.39, 0.29) is 5.02 Å². The maximum Gasteiger partial charge on any atom is 0.124 e. The highest BCUT2D eigenvalue weighted by molar-refractivity contribution is 6.31. The van der Waals surface area contributed by atoms with Crippen molar-refractivity contribution in [3.05, 3.63) is 34.6 Å². The van der Waals surface area contributed by atoms with E-state index < -0.39 is 18.0 Å². The minimum Gasteiger partial charge on any atom is -0.391 e. The van der Waals surface area contributed by atoms with Gasteiger partial charge in [0.05, 0.1) is 12.1 Å². The van der Waals surface area contributed by atoms with Crippen LogP contribution in [0.5, 0.6) is 0 Å². The lowest BCUT2D eigenvalue weighted by Crippen LogP contribution is -2.25. The van der Waals surface area contributed by atoms with Crippen molar-refractivity contribution in [2.24, 2.45) is 5.73 Å². The third-order valence-corrected chi connectivity index (χ3v) is 2.48. The second-order valence-corrected chi connectivity index (χ2v) is 3.57. The molecule has 0 aliphatic carbocycles. The van der Waals surface area contributed by atoms with E-state index >= 15 is 0 Å². The first kappa shape index (κ1) is 11.4. The lowest BCUT2D eigenvalue weighted by molar-refractivity contribution is 0.140. The molecule has 0 aliphatic rings. The van der Waals surface area contributed by atoms with Crippen molar-refractivity contribution < 1.29 is 9.50 Å². The third-order valence-electron chi connectivity index (χ3n) is 2.15. The van der Waals surface area contributed by atoms with Crippen LogP contribution in [0, 0.1) is 5.82 Å². The molecular weight excluding hydrogens is 205 g/mol. The third kappa shape index (κ3) is 2.44. The summed E-state index contributed by atoms with van der Waals surface area (Å²) in [5.74, 6) is -0.406. The van der Waals surface area contributed by atoms with Crippen molar-refractivity contribution in [3.63, 3.8) is 0 Å². The van der Waals surface area contributed by atoms with Crippen LogP contribution in [0.4, 0.5) is 4.39 Å². The van der Waals surface area contributed by atoms with Crippen LogP contribution in [0.1, 0.15) is 24.9 Å². The lowest BCUT2D eigenvalue weighted by atomic mass is 10.0. The Labute approximate surface area is 87.5 Å². The Morgan fingerprint density at radius 1 is 1.57 bits per heavy atom. The van der Waals surface area contributed by atoms with E-state index in [0.717, 1.165) is 0 Å². The van der Waals surface area contributed by atoms with Crippen molar-refractivity contribution >= 4 is 11.6 Å². The fourth-order valence-corrected chi connectivity index (χ4v) is 1.53. The summed E-state index contributed by atoms with van der Waals surface area (Å²) in [4.78, 5) is 0. The van der Waals surface area contributed by atoms with Crippen LogP contribution >= 0.6 is 11.6 Å². The number of hydrogen-bond donors (Lipinski definition) is 2. The first-order valence-corrected chi connectivity index (χ1v) is 4.82. The highest BCUT2D eigenvalue weighted by Gasteiger charge is 2.17. The highest BCUT2D eigenvalue weighted by atomic mass is 35.5. The average molecular weight is 218 g/mol. The Kier molecular flexibility index (Phi) is 3.86. The molecule has 3 N–H and O–H groups in total. The molecule has 0 bridgehead atoms. The van der Waals surface area contributed by atoms with E-state index in [1.165, 1.54) is 18.2 Å². The zero-order valence-corrected chi connectivity index (χ0v) is 8.63. The van der Waals surface area contributed by atoms with E-state index in [1.54, 1.807) is 0 Å². The molecule has 1 rings (SSSR count). The summed E-state index contributed by atoms with van der Waals surface area (Å²) in [6.45, 7) is 1.82. The maximum atomic E-state index is 12.7. The molecule has 0 amide bonds. The summed E-state index contributed by atoms with van der Waals surface area (Å²) in [7, 11) is 0. The van der Waals surface area contributed by atoms with Crippen molar-refractivity contribution in [2.45, 2.75) is 25.5 Å². The van der Waals surface area contributed by atoms with Gasteiger partial charge in [0.2, 0.25) is 0 Å². The number of hydrogen-bond acceptors (Lipinski definition) is 2. The molecule has 0 unspecified atom stereocenters. The molecule has 2 atom stereocenters. The number of aliphatic hydroxyl groups excluding tert-OH is 1. The molecular formula is C10H13ClFNO. The highest BCUT2D eigenvalue weighted by Crippen LogP contribution is 2.25. The molecule has 1 aromatic rings. The molecule has 0 aromatic heterocycles. The standard InChI is InChI=1S/C10H13ClFNO/c1-2-9(14)10(13)7-4-3-6(12)5-8(7)11/h3-5,9-10,14H,2,13H2,1H3/t9-,10+/m0/s1. The Bertz CT molecular complexity index is 319. The first-order valence-electron chi connectivity index (χ1n) is 4.44. The summed E-state index contributed by atoms with van der Waals surface area (Å²) in [5.41, 5.74) is 6.31. The van der Waals surface area contributed by atoms with E-state index in [4.69, 9.17) is 17.3 Å². The second kappa shape index (κ2) is 4.73. The summed E-state index contributed by atoms with van der Waals surface area (Å²) < 4.78 is 12.7. The van der Waals surface area contributed by atoms with Gasteiger partial charge in [-0.05, 0) is 24.1 Å². The molecule has 0 radical (unpaired) electrons. The summed E-state index contributed by atoms with van der Waals surface area (Å²) in [5, 5.41) is 9.75. The Morgan fingerprint density at radius 2 is 2.21 bits per heavy atom. The van der Waals surface area contributed by atoms with Crippen LogP contribution < -0.4 is 5.73 Å². The molecule has 0 fully saturated rings. The summed E-state index contributed by atoms with van der Waals surface area (Å²) in [6, 6.07) is 3.41. The van der Waals surface area contributed by atoms with Crippen LogP contribution in [0.3, 0.4) is 0 Å². The molecule has 0 saturated carbocycles. The van der Waals surface area contributed by atoms with Crippen molar-refractivity contribution in [1.29, 1.82) is 0 Å². The Balaban J connectivity index is 2.95. The van der Waals surface area contributed by atoms with Gasteiger partial charge in [0.1, 0.15) is 5.82 Å². The topological polar surface area (TPSA) is 46.2 Å². The van der Waals surface area contributed by atoms with Gasteiger partial charge in [-0.3, -0.25) is 0 Å². The molecule has 2 nitrogen and oxygen atoms in total. The zero-order valence-electron chi connectivity index (χ0n) is 7.87. The second-order valence-electron chi connectivity index (χ2n) is 3.17. The summed E-state index contributed by atoms with van der Waals surface area (Å²) >= 11 is 5.79. The van der Waals surface area contributed by atoms with Gasteiger partial charge in [-0.15, -0.1) is 0 Å². The largest absolute Gasteiger partial charge is 0.391 e. The van der Waals surface area contributed by atoms with Crippen LogP contribution in [-0.4, -0.2) is 11.2 Å². The maximum absolute atomic E-state index is 12.7. The smallest absolute Gasteiger partial charge is 0.124 e. The van der Waals surface area contributed by atoms with Gasteiger partial charge in [0.25, 0.3) is 0 Å². The minimum absolute atomic E-state index is 0.255. The lowest BCUT2D eigenvalue weighted by Gasteiger charge is -2.18. The van der Waals surface area contributed by atoms with Crippen LogP contribution in [0.25, 0.3) is 0 Å². The fourth-order valence-electron chi connectivity index (χ4n) is 1.23.